The minimum Gasteiger partial charge on any atom is -0.454 e. The minimum atomic E-state index is -0.0541. The van der Waals surface area contributed by atoms with Crippen LogP contribution in [-0.2, 0) is 11.3 Å². The fourth-order valence-corrected chi connectivity index (χ4v) is 1.35. The third-order valence-electron chi connectivity index (χ3n) is 2.01. The standard InChI is InChI=1S/C10H11NO3/c1-7(12)11-5-8-3-2-4-9-10(8)14-6-13-9/h2-4H,5-6H2,1H3,(H,11,12). The quantitative estimate of drug-likeness (QED) is 0.763. The summed E-state index contributed by atoms with van der Waals surface area (Å²) in [5.41, 5.74) is 0.940. The summed E-state index contributed by atoms with van der Waals surface area (Å²) in [6, 6.07) is 5.63. The Morgan fingerprint density at radius 3 is 3.14 bits per heavy atom. The van der Waals surface area contributed by atoms with Crippen molar-refractivity contribution in [1.82, 2.24) is 5.32 Å². The van der Waals surface area contributed by atoms with Crippen molar-refractivity contribution in [1.29, 1.82) is 0 Å². The highest BCUT2D eigenvalue weighted by Crippen LogP contribution is 2.34. The molecule has 1 aliphatic heterocycles. The van der Waals surface area contributed by atoms with Crippen LogP contribution in [0.1, 0.15) is 12.5 Å². The van der Waals surface area contributed by atoms with E-state index in [0.29, 0.717) is 6.54 Å². The molecule has 0 saturated heterocycles. The van der Waals surface area contributed by atoms with E-state index in [4.69, 9.17) is 9.47 Å². The van der Waals surface area contributed by atoms with Crippen molar-refractivity contribution in [2.75, 3.05) is 6.79 Å². The Bertz CT molecular complexity index is 362. The molecule has 74 valence electrons. The molecule has 1 N–H and O–H groups in total. The van der Waals surface area contributed by atoms with E-state index >= 15 is 0 Å². The Morgan fingerprint density at radius 2 is 2.36 bits per heavy atom. The monoisotopic (exact) mass is 193 g/mol. The molecule has 0 radical (unpaired) electrons. The van der Waals surface area contributed by atoms with E-state index in [-0.39, 0.29) is 12.7 Å². The first-order valence-corrected chi connectivity index (χ1v) is 4.39. The van der Waals surface area contributed by atoms with E-state index in [9.17, 15) is 4.79 Å². The summed E-state index contributed by atoms with van der Waals surface area (Å²) in [7, 11) is 0. The minimum absolute atomic E-state index is 0.0541. The number of amides is 1. The number of nitrogens with one attached hydrogen (secondary N) is 1. The van der Waals surface area contributed by atoms with Crippen molar-refractivity contribution in [3.05, 3.63) is 23.8 Å². The number of fused-ring (bicyclic) bond motifs is 1. The number of hydrogen-bond donors (Lipinski definition) is 1. The van der Waals surface area contributed by atoms with Gasteiger partial charge in [-0.05, 0) is 6.07 Å². The van der Waals surface area contributed by atoms with Gasteiger partial charge in [-0.1, -0.05) is 12.1 Å². The fraction of sp³-hybridized carbons (Fsp3) is 0.300. The Kier molecular flexibility index (Phi) is 2.26. The number of carbonyl (C=O) groups excluding carboxylic acids is 1. The molecular formula is C10H11NO3. The normalized spacial score (nSPS) is 12.6. The molecule has 0 bridgehead atoms. The summed E-state index contributed by atoms with van der Waals surface area (Å²) in [5, 5.41) is 2.72. The molecule has 1 aromatic rings. The van der Waals surface area contributed by atoms with Crippen molar-refractivity contribution >= 4 is 5.91 Å². The number of hydrogen-bond acceptors (Lipinski definition) is 3. The highest BCUT2D eigenvalue weighted by molar-refractivity contribution is 5.73. The van der Waals surface area contributed by atoms with Gasteiger partial charge in [0.05, 0.1) is 0 Å². The molecule has 0 spiro atoms. The van der Waals surface area contributed by atoms with Crippen LogP contribution in [0, 0.1) is 0 Å². The van der Waals surface area contributed by atoms with Crippen LogP contribution in [0.5, 0.6) is 11.5 Å². The molecule has 1 aromatic carbocycles. The maximum absolute atomic E-state index is 10.7. The highest BCUT2D eigenvalue weighted by atomic mass is 16.7. The number of benzene rings is 1. The molecule has 1 heterocycles. The summed E-state index contributed by atoms with van der Waals surface area (Å²) in [6.45, 7) is 2.22. The average Bonchev–Trinajstić information content (AvgIpc) is 2.62. The average molecular weight is 193 g/mol. The Hall–Kier alpha value is -1.71. The number of para-hydroxylation sites is 1. The van der Waals surface area contributed by atoms with Crippen molar-refractivity contribution in [2.24, 2.45) is 0 Å². The van der Waals surface area contributed by atoms with Gasteiger partial charge in [0.2, 0.25) is 12.7 Å². The summed E-state index contributed by atoms with van der Waals surface area (Å²) >= 11 is 0. The van der Waals surface area contributed by atoms with Crippen molar-refractivity contribution in [2.45, 2.75) is 13.5 Å². The van der Waals surface area contributed by atoms with Gasteiger partial charge < -0.3 is 14.8 Å². The first kappa shape index (κ1) is 8.87. The van der Waals surface area contributed by atoms with E-state index in [1.54, 1.807) is 0 Å². The maximum Gasteiger partial charge on any atom is 0.231 e. The van der Waals surface area contributed by atoms with Crippen molar-refractivity contribution in [3.8, 4) is 11.5 Å². The lowest BCUT2D eigenvalue weighted by Gasteiger charge is -2.05. The summed E-state index contributed by atoms with van der Waals surface area (Å²) < 4.78 is 10.5. The van der Waals surface area contributed by atoms with Gasteiger partial charge >= 0.3 is 0 Å². The SMILES string of the molecule is CC(=O)NCc1cccc2c1OCO2. The van der Waals surface area contributed by atoms with Crippen LogP contribution in [-0.4, -0.2) is 12.7 Å². The lowest BCUT2D eigenvalue weighted by atomic mass is 10.2. The third-order valence-corrected chi connectivity index (χ3v) is 2.01. The molecule has 0 fully saturated rings. The lowest BCUT2D eigenvalue weighted by Crippen LogP contribution is -2.19. The first-order chi connectivity index (χ1) is 6.77. The molecule has 0 saturated carbocycles. The van der Waals surface area contributed by atoms with Crippen LogP contribution in [0.15, 0.2) is 18.2 Å². The lowest BCUT2D eigenvalue weighted by molar-refractivity contribution is -0.119. The zero-order valence-corrected chi connectivity index (χ0v) is 7.87. The smallest absolute Gasteiger partial charge is 0.231 e. The third kappa shape index (κ3) is 1.64. The van der Waals surface area contributed by atoms with Crippen LogP contribution in [0.2, 0.25) is 0 Å². The fourth-order valence-electron chi connectivity index (χ4n) is 1.35. The van der Waals surface area contributed by atoms with Crippen LogP contribution >= 0.6 is 0 Å². The molecule has 2 rings (SSSR count). The molecule has 0 aliphatic carbocycles. The van der Waals surface area contributed by atoms with Crippen molar-refractivity contribution in [3.63, 3.8) is 0 Å². The Morgan fingerprint density at radius 1 is 1.50 bits per heavy atom. The van der Waals surface area contributed by atoms with E-state index in [1.165, 1.54) is 6.92 Å². The van der Waals surface area contributed by atoms with Gasteiger partial charge in [0, 0.05) is 19.0 Å². The van der Waals surface area contributed by atoms with Gasteiger partial charge in [0.1, 0.15) is 0 Å². The summed E-state index contributed by atoms with van der Waals surface area (Å²) in [5.74, 6) is 1.43. The topological polar surface area (TPSA) is 47.6 Å². The number of carbonyl (C=O) groups is 1. The van der Waals surface area contributed by atoms with Gasteiger partial charge in [0.15, 0.2) is 11.5 Å². The molecule has 4 nitrogen and oxygen atoms in total. The molecule has 1 aliphatic rings. The number of rotatable bonds is 2. The zero-order valence-electron chi connectivity index (χ0n) is 7.87. The van der Waals surface area contributed by atoms with Crippen LogP contribution < -0.4 is 14.8 Å². The van der Waals surface area contributed by atoms with Crippen LogP contribution in [0.25, 0.3) is 0 Å². The maximum atomic E-state index is 10.7. The molecule has 0 aromatic heterocycles. The summed E-state index contributed by atoms with van der Waals surface area (Å²) in [4.78, 5) is 10.7. The van der Waals surface area contributed by atoms with Crippen molar-refractivity contribution < 1.29 is 14.3 Å². The van der Waals surface area contributed by atoms with Gasteiger partial charge in [0.25, 0.3) is 0 Å². The highest BCUT2D eigenvalue weighted by Gasteiger charge is 2.16. The van der Waals surface area contributed by atoms with E-state index in [1.807, 2.05) is 18.2 Å². The first-order valence-electron chi connectivity index (χ1n) is 4.39. The second-order valence-corrected chi connectivity index (χ2v) is 3.06. The van der Waals surface area contributed by atoms with Crippen LogP contribution in [0.3, 0.4) is 0 Å². The molecule has 14 heavy (non-hydrogen) atoms. The second-order valence-electron chi connectivity index (χ2n) is 3.06. The zero-order chi connectivity index (χ0) is 9.97. The second kappa shape index (κ2) is 3.57. The number of ether oxygens (including phenoxy) is 2. The van der Waals surface area contributed by atoms with E-state index in [0.717, 1.165) is 17.1 Å². The summed E-state index contributed by atoms with van der Waals surface area (Å²) in [6.07, 6.45) is 0. The molecule has 1 amide bonds. The van der Waals surface area contributed by atoms with Gasteiger partial charge in [-0.25, -0.2) is 0 Å². The molecule has 0 unspecified atom stereocenters. The largest absolute Gasteiger partial charge is 0.454 e. The van der Waals surface area contributed by atoms with Gasteiger partial charge in [-0.15, -0.1) is 0 Å². The Balaban J connectivity index is 2.17. The predicted molar refractivity (Wildman–Crippen MR) is 50.1 cm³/mol. The molecule has 4 heteroatoms. The van der Waals surface area contributed by atoms with E-state index in [2.05, 4.69) is 5.32 Å². The van der Waals surface area contributed by atoms with Gasteiger partial charge in [-0.2, -0.15) is 0 Å². The predicted octanol–water partition coefficient (Wildman–Crippen LogP) is 1.05. The molecular weight excluding hydrogens is 182 g/mol. The Labute approximate surface area is 81.8 Å². The molecule has 0 atom stereocenters. The van der Waals surface area contributed by atoms with Gasteiger partial charge in [-0.3, -0.25) is 4.79 Å². The van der Waals surface area contributed by atoms with Crippen LogP contribution in [0.4, 0.5) is 0 Å². The van der Waals surface area contributed by atoms with E-state index < -0.39 is 0 Å².